The van der Waals surface area contributed by atoms with Gasteiger partial charge in [0.1, 0.15) is 18.4 Å². The maximum atomic E-state index is 11.8. The Morgan fingerprint density at radius 3 is 1.84 bits per heavy atom. The molecule has 0 amide bonds. The molecule has 1 fully saturated rings. The third-order valence-corrected chi connectivity index (χ3v) is 4.11. The number of hydrogen-bond acceptors (Lipinski definition) is 11. The van der Waals surface area contributed by atoms with E-state index >= 15 is 0 Å². The van der Waals surface area contributed by atoms with Crippen LogP contribution in [0.25, 0.3) is 0 Å². The Morgan fingerprint density at radius 1 is 0.875 bits per heavy atom. The lowest BCUT2D eigenvalue weighted by Gasteiger charge is -2.43. The van der Waals surface area contributed by atoms with Crippen LogP contribution in [0.1, 0.15) is 48.0 Å². The molecule has 1 N–H and O–H groups in total. The van der Waals surface area contributed by atoms with Crippen molar-refractivity contribution in [2.24, 2.45) is 10.9 Å². The number of carbonyl (C=O) groups is 5. The van der Waals surface area contributed by atoms with Gasteiger partial charge in [0.2, 0.25) is 6.29 Å². The fourth-order valence-corrected chi connectivity index (χ4v) is 3.04. The smallest absolute Gasteiger partial charge is 0.349 e. The lowest BCUT2D eigenvalue weighted by Crippen LogP contribution is -2.61. The molecule has 0 aromatic rings. The largest absolute Gasteiger partial charge is 0.477 e. The lowest BCUT2D eigenvalue weighted by molar-refractivity contribution is -0.266. The molecule has 0 spiro atoms. The summed E-state index contributed by atoms with van der Waals surface area (Å²) in [5, 5.41) is 9.57. The first kappa shape index (κ1) is 27.0. The number of ether oxygens (including phenoxy) is 5. The van der Waals surface area contributed by atoms with E-state index in [1.165, 1.54) is 0 Å². The number of carbonyl (C=O) groups excluding carboxylic acids is 4. The van der Waals surface area contributed by atoms with Crippen LogP contribution in [0, 0.1) is 5.92 Å². The van der Waals surface area contributed by atoms with E-state index in [2.05, 4.69) is 4.99 Å². The maximum absolute atomic E-state index is 11.8. The zero-order chi connectivity index (χ0) is 24.6. The van der Waals surface area contributed by atoms with Crippen molar-refractivity contribution in [3.63, 3.8) is 0 Å². The van der Waals surface area contributed by atoms with Crippen LogP contribution in [-0.4, -0.2) is 77.9 Å². The van der Waals surface area contributed by atoms with Crippen LogP contribution in [-0.2, 0) is 47.7 Å². The number of aliphatic imine (C=N–C) groups is 1. The molecule has 12 heteroatoms. The van der Waals surface area contributed by atoms with Crippen LogP contribution in [0.15, 0.2) is 4.99 Å². The molecule has 1 aliphatic rings. The number of esters is 4. The minimum absolute atomic E-state index is 0.0561. The average molecular weight is 459 g/mol. The van der Waals surface area contributed by atoms with Gasteiger partial charge in [-0.25, -0.2) is 4.79 Å². The monoisotopic (exact) mass is 459 g/mol. The number of nitrogens with zero attached hydrogens (tertiary/aromatic N) is 1. The number of hydrogen-bond donors (Lipinski definition) is 1. The van der Waals surface area contributed by atoms with Gasteiger partial charge < -0.3 is 28.8 Å². The van der Waals surface area contributed by atoms with Gasteiger partial charge in [-0.05, 0) is 12.3 Å². The minimum Gasteiger partial charge on any atom is -0.477 e. The summed E-state index contributed by atoms with van der Waals surface area (Å²) < 4.78 is 26.4. The highest BCUT2D eigenvalue weighted by Gasteiger charge is 2.52. The van der Waals surface area contributed by atoms with E-state index in [9.17, 15) is 29.1 Å². The molecule has 0 unspecified atom stereocenters. The van der Waals surface area contributed by atoms with Gasteiger partial charge in [-0.2, -0.15) is 0 Å². The van der Waals surface area contributed by atoms with Crippen molar-refractivity contribution in [1.82, 2.24) is 0 Å². The van der Waals surface area contributed by atoms with Crippen LogP contribution in [0.4, 0.5) is 0 Å². The van der Waals surface area contributed by atoms with Gasteiger partial charge in [0.25, 0.3) is 0 Å². The predicted molar refractivity (Wildman–Crippen MR) is 106 cm³/mol. The summed E-state index contributed by atoms with van der Waals surface area (Å²) in [7, 11) is 0. The molecule has 180 valence electrons. The van der Waals surface area contributed by atoms with Gasteiger partial charge in [0.15, 0.2) is 18.2 Å². The first-order valence-electron chi connectivity index (χ1n) is 9.92. The zero-order valence-corrected chi connectivity index (χ0v) is 18.9. The first-order valence-corrected chi connectivity index (χ1v) is 9.92. The topological polar surface area (TPSA) is 164 Å². The van der Waals surface area contributed by atoms with E-state index in [1.54, 1.807) is 13.8 Å². The first-order chi connectivity index (χ1) is 14.8. The van der Waals surface area contributed by atoms with Gasteiger partial charge in [0.05, 0.1) is 0 Å². The molecule has 0 aliphatic carbocycles. The van der Waals surface area contributed by atoms with Crippen molar-refractivity contribution >= 4 is 35.6 Å². The molecular formula is C20H29NO11. The third kappa shape index (κ3) is 8.61. The summed E-state index contributed by atoms with van der Waals surface area (Å²) in [5.74, 6) is -4.41. The van der Waals surface area contributed by atoms with Gasteiger partial charge >= 0.3 is 29.8 Å². The highest BCUT2D eigenvalue weighted by Crippen LogP contribution is 2.30. The van der Waals surface area contributed by atoms with Crippen molar-refractivity contribution in [3.8, 4) is 0 Å². The van der Waals surface area contributed by atoms with Crippen molar-refractivity contribution in [2.75, 3.05) is 6.61 Å². The summed E-state index contributed by atoms with van der Waals surface area (Å²) in [4.78, 5) is 62.4. The summed E-state index contributed by atoms with van der Waals surface area (Å²) in [6.07, 6.45) is -5.37. The predicted octanol–water partition coefficient (Wildman–Crippen LogP) is 0.641. The number of rotatable bonds is 9. The Kier molecular flexibility index (Phi) is 10.2. The Morgan fingerprint density at radius 2 is 1.41 bits per heavy atom. The second-order valence-corrected chi connectivity index (χ2v) is 7.57. The molecule has 0 aromatic heterocycles. The van der Waals surface area contributed by atoms with Crippen LogP contribution in [0.2, 0.25) is 0 Å². The molecule has 12 nitrogen and oxygen atoms in total. The van der Waals surface area contributed by atoms with Crippen molar-refractivity contribution in [2.45, 2.75) is 78.6 Å². The second-order valence-electron chi connectivity index (χ2n) is 7.57. The summed E-state index contributed by atoms with van der Waals surface area (Å²) >= 11 is 0. The second kappa shape index (κ2) is 12.1. The highest BCUT2D eigenvalue weighted by molar-refractivity contribution is 6.35. The van der Waals surface area contributed by atoms with Crippen LogP contribution >= 0.6 is 0 Å². The SMILES string of the molecule is CC(=O)OC[C@H]1O[C@@H](OC(C)=O)[C@H](N=C(CC(C)C)C(=O)O)[C@@H](OC(C)=O)[C@@H]1OC(C)=O. The number of carboxylic acids is 1. The Hall–Kier alpha value is -3.02. The fourth-order valence-electron chi connectivity index (χ4n) is 3.04. The molecular weight excluding hydrogens is 430 g/mol. The number of aliphatic carboxylic acids is 1. The minimum atomic E-state index is -1.51. The molecule has 32 heavy (non-hydrogen) atoms. The Labute approximate surface area is 185 Å². The molecule has 1 saturated heterocycles. The summed E-state index contributed by atoms with van der Waals surface area (Å²) in [6, 6.07) is -1.37. The Balaban J connectivity index is 3.56. The van der Waals surface area contributed by atoms with Gasteiger partial charge in [0, 0.05) is 27.7 Å². The molecule has 5 atom stereocenters. The van der Waals surface area contributed by atoms with Crippen molar-refractivity contribution < 1.29 is 52.8 Å². The number of carboxylic acid groups (broad SMARTS) is 1. The quantitative estimate of drug-likeness (QED) is 0.292. The molecule has 0 radical (unpaired) electrons. The van der Waals surface area contributed by atoms with Crippen LogP contribution in [0.3, 0.4) is 0 Å². The van der Waals surface area contributed by atoms with E-state index in [4.69, 9.17) is 23.7 Å². The zero-order valence-electron chi connectivity index (χ0n) is 18.9. The normalized spacial score (nSPS) is 25.6. The Bertz CT molecular complexity index is 761. The highest BCUT2D eigenvalue weighted by atomic mass is 16.7. The van der Waals surface area contributed by atoms with E-state index in [0.29, 0.717) is 0 Å². The van der Waals surface area contributed by atoms with Crippen molar-refractivity contribution in [1.29, 1.82) is 0 Å². The van der Waals surface area contributed by atoms with E-state index in [1.807, 2.05) is 0 Å². The fraction of sp³-hybridized carbons (Fsp3) is 0.700. The van der Waals surface area contributed by atoms with Gasteiger partial charge in [-0.15, -0.1) is 0 Å². The average Bonchev–Trinajstić information content (AvgIpc) is 2.62. The standard InChI is InChI=1S/C20H29NO11/c1-9(2)7-14(19(26)27)21-16-18(30-12(5)24)17(29-11(4)23)15(8-28-10(3)22)32-20(16)31-13(6)25/h9,15-18,20H,7-8H2,1-6H3,(H,26,27)/t15-,16-,17-,18-,20-/m1/s1. The maximum Gasteiger partial charge on any atom is 0.349 e. The van der Waals surface area contributed by atoms with Crippen LogP contribution in [0.5, 0.6) is 0 Å². The molecule has 0 bridgehead atoms. The van der Waals surface area contributed by atoms with Crippen molar-refractivity contribution in [3.05, 3.63) is 0 Å². The van der Waals surface area contributed by atoms with Gasteiger partial charge in [-0.3, -0.25) is 24.2 Å². The lowest BCUT2D eigenvalue weighted by atomic mass is 9.95. The molecule has 0 saturated carbocycles. The van der Waals surface area contributed by atoms with E-state index in [-0.39, 0.29) is 18.1 Å². The molecule has 1 heterocycles. The molecule has 1 aliphatic heterocycles. The van der Waals surface area contributed by atoms with E-state index < -0.39 is 67.1 Å². The summed E-state index contributed by atoms with van der Waals surface area (Å²) in [5.41, 5.74) is -0.275. The third-order valence-electron chi connectivity index (χ3n) is 4.11. The van der Waals surface area contributed by atoms with Crippen LogP contribution < -0.4 is 0 Å². The van der Waals surface area contributed by atoms with E-state index in [0.717, 1.165) is 27.7 Å². The summed E-state index contributed by atoms with van der Waals surface area (Å²) in [6.45, 7) is 7.57. The molecule has 1 rings (SSSR count). The molecule has 0 aromatic carbocycles. The van der Waals surface area contributed by atoms with Gasteiger partial charge in [-0.1, -0.05) is 13.8 Å².